The SMILES string of the molecule is Cc1c(C(=O)Nc2cccc3oc(=O)[nH]c23)cccc1[N+](=O)[O-]. The summed E-state index contributed by atoms with van der Waals surface area (Å²) < 4.78 is 4.92. The molecular formula is C15H11N3O5. The predicted molar refractivity (Wildman–Crippen MR) is 82.6 cm³/mol. The van der Waals surface area contributed by atoms with E-state index in [9.17, 15) is 19.7 Å². The number of fused-ring (bicyclic) bond motifs is 1. The Kier molecular flexibility index (Phi) is 3.41. The van der Waals surface area contributed by atoms with Crippen molar-refractivity contribution in [2.24, 2.45) is 0 Å². The molecule has 0 aliphatic rings. The van der Waals surface area contributed by atoms with Gasteiger partial charge in [-0.3, -0.25) is 19.9 Å². The lowest BCUT2D eigenvalue weighted by atomic mass is 10.1. The molecule has 2 N–H and O–H groups in total. The number of hydrogen-bond acceptors (Lipinski definition) is 5. The number of nitrogens with one attached hydrogen (secondary N) is 2. The molecule has 0 spiro atoms. The maximum Gasteiger partial charge on any atom is 0.417 e. The van der Waals surface area contributed by atoms with Crippen LogP contribution in [0.4, 0.5) is 11.4 Å². The number of nitrogens with zero attached hydrogens (tertiary/aromatic N) is 1. The Bertz CT molecular complexity index is 986. The van der Waals surface area contributed by atoms with Gasteiger partial charge in [-0.2, -0.15) is 0 Å². The van der Waals surface area contributed by atoms with Gasteiger partial charge in [0, 0.05) is 17.2 Å². The molecule has 1 amide bonds. The number of para-hydroxylation sites is 1. The van der Waals surface area contributed by atoms with Crippen molar-refractivity contribution in [2.75, 3.05) is 5.32 Å². The van der Waals surface area contributed by atoms with Gasteiger partial charge < -0.3 is 9.73 Å². The van der Waals surface area contributed by atoms with Crippen molar-refractivity contribution >= 4 is 28.4 Å². The molecule has 0 aliphatic heterocycles. The molecule has 116 valence electrons. The second-order valence-electron chi connectivity index (χ2n) is 4.85. The highest BCUT2D eigenvalue weighted by atomic mass is 16.6. The molecular weight excluding hydrogens is 302 g/mol. The molecule has 2 aromatic carbocycles. The van der Waals surface area contributed by atoms with E-state index in [1.807, 2.05) is 0 Å². The van der Waals surface area contributed by atoms with Crippen molar-refractivity contribution in [1.82, 2.24) is 4.98 Å². The topological polar surface area (TPSA) is 118 Å². The van der Waals surface area contributed by atoms with Crippen LogP contribution in [0.5, 0.6) is 0 Å². The molecule has 8 heteroatoms. The Morgan fingerprint density at radius 1 is 1.26 bits per heavy atom. The minimum absolute atomic E-state index is 0.132. The van der Waals surface area contributed by atoms with Gasteiger partial charge in [-0.15, -0.1) is 0 Å². The molecule has 0 saturated carbocycles. The third-order valence-corrected chi connectivity index (χ3v) is 3.45. The van der Waals surface area contributed by atoms with Crippen LogP contribution in [-0.2, 0) is 0 Å². The molecule has 23 heavy (non-hydrogen) atoms. The minimum atomic E-state index is -0.631. The van der Waals surface area contributed by atoms with Gasteiger partial charge in [0.15, 0.2) is 5.58 Å². The van der Waals surface area contributed by atoms with Crippen molar-refractivity contribution < 1.29 is 14.1 Å². The number of hydrogen-bond donors (Lipinski definition) is 2. The normalized spacial score (nSPS) is 10.7. The first-order valence-corrected chi connectivity index (χ1v) is 6.64. The summed E-state index contributed by atoms with van der Waals surface area (Å²) in [7, 11) is 0. The Balaban J connectivity index is 2.00. The van der Waals surface area contributed by atoms with E-state index < -0.39 is 16.6 Å². The third kappa shape index (κ3) is 2.57. The summed E-state index contributed by atoms with van der Waals surface area (Å²) in [6, 6.07) is 9.07. The molecule has 0 unspecified atom stereocenters. The van der Waals surface area contributed by atoms with Crippen LogP contribution in [0.2, 0.25) is 0 Å². The van der Waals surface area contributed by atoms with Gasteiger partial charge in [0.25, 0.3) is 11.6 Å². The highest BCUT2D eigenvalue weighted by molar-refractivity contribution is 6.08. The molecule has 0 saturated heterocycles. The van der Waals surface area contributed by atoms with Gasteiger partial charge in [0.1, 0.15) is 5.52 Å². The molecule has 0 atom stereocenters. The van der Waals surface area contributed by atoms with E-state index in [2.05, 4.69) is 10.3 Å². The maximum atomic E-state index is 12.4. The third-order valence-electron chi connectivity index (χ3n) is 3.45. The number of benzene rings is 2. The second-order valence-corrected chi connectivity index (χ2v) is 4.85. The van der Waals surface area contributed by atoms with Gasteiger partial charge in [0.2, 0.25) is 0 Å². The molecule has 3 aromatic rings. The van der Waals surface area contributed by atoms with Crippen LogP contribution in [-0.4, -0.2) is 15.8 Å². The van der Waals surface area contributed by atoms with Crippen molar-refractivity contribution in [1.29, 1.82) is 0 Å². The summed E-state index contributed by atoms with van der Waals surface area (Å²) in [5, 5.41) is 13.6. The number of nitro groups is 1. The lowest BCUT2D eigenvalue weighted by molar-refractivity contribution is -0.385. The van der Waals surface area contributed by atoms with Gasteiger partial charge in [0.05, 0.1) is 10.6 Å². The van der Waals surface area contributed by atoms with Crippen LogP contribution in [0.3, 0.4) is 0 Å². The largest absolute Gasteiger partial charge is 0.417 e. The van der Waals surface area contributed by atoms with Gasteiger partial charge >= 0.3 is 5.76 Å². The highest BCUT2D eigenvalue weighted by Crippen LogP contribution is 2.24. The Labute approximate surface area is 128 Å². The van der Waals surface area contributed by atoms with E-state index in [0.717, 1.165) is 0 Å². The van der Waals surface area contributed by atoms with Crippen LogP contribution in [0.1, 0.15) is 15.9 Å². The summed E-state index contributed by atoms with van der Waals surface area (Å²) >= 11 is 0. The standard InChI is InChI=1S/C15H11N3O5/c1-8-9(4-2-6-11(8)18(21)22)14(19)16-10-5-3-7-12-13(10)17-15(20)23-12/h2-7H,1H3,(H,16,19)(H,17,20). The minimum Gasteiger partial charge on any atom is -0.408 e. The number of aromatic amines is 1. The van der Waals surface area contributed by atoms with Crippen LogP contribution >= 0.6 is 0 Å². The zero-order valence-electron chi connectivity index (χ0n) is 12.0. The number of H-pyrrole nitrogens is 1. The van der Waals surface area contributed by atoms with E-state index >= 15 is 0 Å². The summed E-state index contributed by atoms with van der Waals surface area (Å²) in [5.41, 5.74) is 1.33. The van der Waals surface area contributed by atoms with Gasteiger partial charge in [-0.1, -0.05) is 12.1 Å². The number of oxazole rings is 1. The first-order chi connectivity index (χ1) is 11.0. The van der Waals surface area contributed by atoms with Crippen molar-refractivity contribution in [3.8, 4) is 0 Å². The predicted octanol–water partition coefficient (Wildman–Crippen LogP) is 2.59. The molecule has 1 heterocycles. The zero-order chi connectivity index (χ0) is 16.6. The second kappa shape index (κ2) is 5.41. The van der Waals surface area contributed by atoms with Crippen molar-refractivity contribution in [2.45, 2.75) is 6.92 Å². The molecule has 0 bridgehead atoms. The number of nitro benzene ring substituents is 1. The monoisotopic (exact) mass is 313 g/mol. The van der Waals surface area contributed by atoms with E-state index in [-0.39, 0.29) is 16.8 Å². The number of aromatic nitrogens is 1. The fraction of sp³-hybridized carbons (Fsp3) is 0.0667. The van der Waals surface area contributed by atoms with E-state index in [4.69, 9.17) is 4.42 Å². The quantitative estimate of drug-likeness (QED) is 0.569. The fourth-order valence-electron chi connectivity index (χ4n) is 2.33. The first-order valence-electron chi connectivity index (χ1n) is 6.64. The molecule has 1 aromatic heterocycles. The Hall–Kier alpha value is -3.42. The van der Waals surface area contributed by atoms with E-state index in [0.29, 0.717) is 16.8 Å². The molecule has 0 fully saturated rings. The summed E-state index contributed by atoms with van der Waals surface area (Å²) in [6.45, 7) is 1.51. The number of amides is 1. The summed E-state index contributed by atoms with van der Waals surface area (Å²) in [6.07, 6.45) is 0. The lowest BCUT2D eigenvalue weighted by Crippen LogP contribution is -2.14. The van der Waals surface area contributed by atoms with Crippen LogP contribution in [0.15, 0.2) is 45.6 Å². The summed E-state index contributed by atoms with van der Waals surface area (Å²) in [5.74, 6) is -1.14. The maximum absolute atomic E-state index is 12.4. The number of carbonyl (C=O) groups is 1. The molecule has 0 aliphatic carbocycles. The van der Waals surface area contributed by atoms with E-state index in [1.165, 1.54) is 25.1 Å². The Morgan fingerprint density at radius 3 is 2.74 bits per heavy atom. The highest BCUT2D eigenvalue weighted by Gasteiger charge is 2.19. The first kappa shape index (κ1) is 14.5. The molecule has 3 rings (SSSR count). The lowest BCUT2D eigenvalue weighted by Gasteiger charge is -2.08. The van der Waals surface area contributed by atoms with Crippen LogP contribution in [0.25, 0.3) is 11.1 Å². The summed E-state index contributed by atoms with van der Waals surface area (Å²) in [4.78, 5) is 36.6. The molecule has 0 radical (unpaired) electrons. The number of anilines is 1. The van der Waals surface area contributed by atoms with Gasteiger partial charge in [-0.25, -0.2) is 4.79 Å². The average Bonchev–Trinajstić information content (AvgIpc) is 2.88. The molecule has 8 nitrogen and oxygen atoms in total. The van der Waals surface area contributed by atoms with Crippen molar-refractivity contribution in [3.05, 3.63) is 68.2 Å². The average molecular weight is 313 g/mol. The van der Waals surface area contributed by atoms with Crippen molar-refractivity contribution in [3.63, 3.8) is 0 Å². The Morgan fingerprint density at radius 2 is 2.00 bits per heavy atom. The number of rotatable bonds is 3. The van der Waals surface area contributed by atoms with Gasteiger partial charge in [-0.05, 0) is 25.1 Å². The fourth-order valence-corrected chi connectivity index (χ4v) is 2.33. The zero-order valence-corrected chi connectivity index (χ0v) is 12.0. The van der Waals surface area contributed by atoms with E-state index in [1.54, 1.807) is 18.2 Å². The number of carbonyl (C=O) groups excluding carboxylic acids is 1. The van der Waals surface area contributed by atoms with Crippen LogP contribution < -0.4 is 11.1 Å². The van der Waals surface area contributed by atoms with Crippen LogP contribution in [0, 0.1) is 17.0 Å². The smallest absolute Gasteiger partial charge is 0.408 e.